The fourth-order valence-electron chi connectivity index (χ4n) is 1.93. The molecule has 19 heavy (non-hydrogen) atoms. The molecule has 1 heterocycles. The molecule has 0 N–H and O–H groups in total. The van der Waals surface area contributed by atoms with E-state index in [1.165, 1.54) is 0 Å². The van der Waals surface area contributed by atoms with E-state index in [9.17, 15) is 4.79 Å². The first kappa shape index (κ1) is 15.8. The highest BCUT2D eigenvalue weighted by atomic mass is 35.5. The molecule has 0 aliphatic carbocycles. The van der Waals surface area contributed by atoms with E-state index < -0.39 is 0 Å². The van der Waals surface area contributed by atoms with Crippen molar-refractivity contribution in [2.75, 3.05) is 34.5 Å². The number of rotatable bonds is 5. The van der Waals surface area contributed by atoms with Crippen molar-refractivity contribution < 1.29 is 31.2 Å². The first-order valence-corrected chi connectivity index (χ1v) is 6.19. The Labute approximate surface area is 120 Å². The van der Waals surface area contributed by atoms with Gasteiger partial charge in [0, 0.05) is 18.4 Å². The van der Waals surface area contributed by atoms with Gasteiger partial charge in [0.25, 0.3) is 0 Å². The molecule has 0 unspecified atom stereocenters. The molecule has 0 saturated heterocycles. The summed E-state index contributed by atoms with van der Waals surface area (Å²) in [6.45, 7) is 1.24. The second-order valence-corrected chi connectivity index (χ2v) is 5.61. The van der Waals surface area contributed by atoms with E-state index in [4.69, 9.17) is 9.47 Å². The van der Waals surface area contributed by atoms with Crippen LogP contribution in [0.3, 0.4) is 0 Å². The summed E-state index contributed by atoms with van der Waals surface area (Å²) in [4.78, 5) is 12.0. The van der Waals surface area contributed by atoms with E-state index in [0.717, 1.165) is 23.2 Å². The van der Waals surface area contributed by atoms with Gasteiger partial charge in [-0.1, -0.05) is 0 Å². The minimum Gasteiger partial charge on any atom is -1.00 e. The van der Waals surface area contributed by atoms with Crippen molar-refractivity contribution >= 4 is 5.78 Å². The van der Waals surface area contributed by atoms with Gasteiger partial charge in [-0.25, -0.2) is 0 Å². The Bertz CT molecular complexity index is 454. The largest absolute Gasteiger partial charge is 1.00 e. The van der Waals surface area contributed by atoms with Crippen LogP contribution in [0.2, 0.25) is 0 Å². The third-order valence-electron chi connectivity index (χ3n) is 2.93. The molecule has 0 atom stereocenters. The van der Waals surface area contributed by atoms with Crippen LogP contribution in [0.4, 0.5) is 0 Å². The molecule has 0 radical (unpaired) electrons. The predicted octanol–water partition coefficient (Wildman–Crippen LogP) is -0.912. The lowest BCUT2D eigenvalue weighted by Crippen LogP contribution is -3.00. The highest BCUT2D eigenvalue weighted by Gasteiger charge is 2.16. The van der Waals surface area contributed by atoms with Gasteiger partial charge in [0.2, 0.25) is 6.79 Å². The molecule has 0 spiro atoms. The van der Waals surface area contributed by atoms with Crippen molar-refractivity contribution in [3.63, 3.8) is 0 Å². The van der Waals surface area contributed by atoms with E-state index in [-0.39, 0.29) is 25.0 Å². The summed E-state index contributed by atoms with van der Waals surface area (Å²) >= 11 is 0. The zero-order valence-electron chi connectivity index (χ0n) is 11.6. The van der Waals surface area contributed by atoms with Crippen LogP contribution in [0.1, 0.15) is 23.2 Å². The maximum atomic E-state index is 12.0. The molecule has 106 valence electrons. The Morgan fingerprint density at radius 2 is 1.89 bits per heavy atom. The van der Waals surface area contributed by atoms with Gasteiger partial charge < -0.3 is 26.4 Å². The average molecular weight is 286 g/mol. The second kappa shape index (κ2) is 6.26. The number of hydrogen-bond acceptors (Lipinski definition) is 3. The van der Waals surface area contributed by atoms with Crippen LogP contribution in [0, 0.1) is 0 Å². The fourth-order valence-corrected chi connectivity index (χ4v) is 1.93. The van der Waals surface area contributed by atoms with Gasteiger partial charge in [0.1, 0.15) is 0 Å². The molecular formula is C14H20ClNO3. The van der Waals surface area contributed by atoms with Gasteiger partial charge in [-0.3, -0.25) is 4.79 Å². The van der Waals surface area contributed by atoms with Gasteiger partial charge in [0.15, 0.2) is 17.3 Å². The number of fused-ring (bicyclic) bond motifs is 1. The fraction of sp³-hybridized carbons (Fsp3) is 0.500. The summed E-state index contributed by atoms with van der Waals surface area (Å²) in [5.74, 6) is 1.56. The summed E-state index contributed by atoms with van der Waals surface area (Å²) in [5, 5.41) is 0. The van der Waals surface area contributed by atoms with Crippen LogP contribution in [0.5, 0.6) is 11.5 Å². The number of ketones is 1. The Kier molecular flexibility index (Phi) is 5.20. The standard InChI is InChI=1S/C14H20NO3.ClH/c1-15(2,3)8-4-5-12(16)11-6-7-13-14(9-11)18-10-17-13;/h6-7,9H,4-5,8,10H2,1-3H3;1H/q+1;/p-1. The van der Waals surface area contributed by atoms with Crippen LogP contribution in [0.15, 0.2) is 18.2 Å². The second-order valence-electron chi connectivity index (χ2n) is 5.61. The molecule has 1 aromatic carbocycles. The molecule has 1 aliphatic rings. The maximum Gasteiger partial charge on any atom is 0.231 e. The molecular weight excluding hydrogens is 266 g/mol. The SMILES string of the molecule is C[N+](C)(C)CCCC(=O)c1ccc2c(c1)OCO2.[Cl-]. The first-order chi connectivity index (χ1) is 8.46. The molecule has 1 aliphatic heterocycles. The summed E-state index contributed by atoms with van der Waals surface area (Å²) in [5.41, 5.74) is 0.709. The highest BCUT2D eigenvalue weighted by molar-refractivity contribution is 5.96. The predicted molar refractivity (Wildman–Crippen MR) is 69.0 cm³/mol. The third-order valence-corrected chi connectivity index (χ3v) is 2.93. The maximum absolute atomic E-state index is 12.0. The van der Waals surface area contributed by atoms with Crippen molar-refractivity contribution in [1.29, 1.82) is 0 Å². The number of ether oxygens (including phenoxy) is 2. The molecule has 2 rings (SSSR count). The van der Waals surface area contributed by atoms with Gasteiger partial charge in [-0.2, -0.15) is 0 Å². The molecule has 0 fully saturated rings. The summed E-state index contributed by atoms with van der Waals surface area (Å²) < 4.78 is 11.4. The Morgan fingerprint density at radius 1 is 1.21 bits per heavy atom. The number of quaternary nitrogens is 1. The topological polar surface area (TPSA) is 35.5 Å². The number of benzene rings is 1. The minimum atomic E-state index is 0. The zero-order valence-corrected chi connectivity index (χ0v) is 12.4. The molecule has 0 bridgehead atoms. The van der Waals surface area contributed by atoms with Crippen LogP contribution >= 0.6 is 0 Å². The number of nitrogens with zero attached hydrogens (tertiary/aromatic N) is 1. The lowest BCUT2D eigenvalue weighted by atomic mass is 10.1. The molecule has 0 aromatic heterocycles. The van der Waals surface area contributed by atoms with E-state index in [1.54, 1.807) is 12.1 Å². The number of Topliss-reactive ketones (excluding diaryl/α,β-unsaturated/α-hetero) is 1. The van der Waals surface area contributed by atoms with Crippen LogP contribution < -0.4 is 21.9 Å². The quantitative estimate of drug-likeness (QED) is 0.519. The Balaban J connectivity index is 0.00000180. The Morgan fingerprint density at radius 3 is 2.58 bits per heavy atom. The molecule has 0 amide bonds. The van der Waals surface area contributed by atoms with E-state index in [2.05, 4.69) is 21.1 Å². The van der Waals surface area contributed by atoms with Crippen LogP contribution in [-0.4, -0.2) is 44.7 Å². The minimum absolute atomic E-state index is 0. The number of carbonyl (C=O) groups is 1. The van der Waals surface area contributed by atoms with E-state index >= 15 is 0 Å². The highest BCUT2D eigenvalue weighted by Crippen LogP contribution is 2.32. The normalized spacial score (nSPS) is 13.0. The van der Waals surface area contributed by atoms with Crippen LogP contribution in [-0.2, 0) is 0 Å². The van der Waals surface area contributed by atoms with Crippen molar-refractivity contribution in [2.24, 2.45) is 0 Å². The summed E-state index contributed by atoms with van der Waals surface area (Å²) in [6, 6.07) is 5.38. The number of hydrogen-bond donors (Lipinski definition) is 0. The number of carbonyl (C=O) groups excluding carboxylic acids is 1. The lowest BCUT2D eigenvalue weighted by Gasteiger charge is -2.23. The third kappa shape index (κ3) is 4.40. The number of halogens is 1. The first-order valence-electron chi connectivity index (χ1n) is 6.19. The van der Waals surface area contributed by atoms with E-state index in [1.807, 2.05) is 6.07 Å². The van der Waals surface area contributed by atoms with Gasteiger partial charge in [-0.15, -0.1) is 0 Å². The smallest absolute Gasteiger partial charge is 0.231 e. The lowest BCUT2D eigenvalue weighted by molar-refractivity contribution is -0.870. The average Bonchev–Trinajstić information content (AvgIpc) is 2.73. The molecule has 0 saturated carbocycles. The summed E-state index contributed by atoms with van der Waals surface area (Å²) in [7, 11) is 6.39. The van der Waals surface area contributed by atoms with Crippen LogP contribution in [0.25, 0.3) is 0 Å². The van der Waals surface area contributed by atoms with Crippen molar-refractivity contribution in [3.05, 3.63) is 23.8 Å². The van der Waals surface area contributed by atoms with Gasteiger partial charge in [-0.05, 0) is 18.2 Å². The monoisotopic (exact) mass is 285 g/mol. The molecule has 1 aromatic rings. The molecule has 5 heteroatoms. The Hall–Kier alpha value is -1.26. The summed E-state index contributed by atoms with van der Waals surface area (Å²) in [6.07, 6.45) is 1.48. The zero-order chi connectivity index (χ0) is 13.2. The van der Waals surface area contributed by atoms with Crippen molar-refractivity contribution in [1.82, 2.24) is 0 Å². The molecule has 4 nitrogen and oxygen atoms in total. The van der Waals surface area contributed by atoms with Gasteiger partial charge >= 0.3 is 0 Å². The van der Waals surface area contributed by atoms with Crippen molar-refractivity contribution in [3.8, 4) is 11.5 Å². The van der Waals surface area contributed by atoms with E-state index in [0.29, 0.717) is 17.7 Å². The van der Waals surface area contributed by atoms with Gasteiger partial charge in [0.05, 0.1) is 27.7 Å². The van der Waals surface area contributed by atoms with Crippen molar-refractivity contribution in [2.45, 2.75) is 12.8 Å².